The first kappa shape index (κ1) is 8.43. The van der Waals surface area contributed by atoms with E-state index in [-0.39, 0.29) is 5.78 Å². The summed E-state index contributed by atoms with van der Waals surface area (Å²) in [5.74, 6) is 0.0324. The van der Waals surface area contributed by atoms with Gasteiger partial charge in [0, 0.05) is 13.0 Å². The van der Waals surface area contributed by atoms with Crippen molar-refractivity contribution in [2.24, 2.45) is 5.73 Å². The Balaban J connectivity index is 2.55. The molecule has 1 saturated heterocycles. The van der Waals surface area contributed by atoms with Crippen LogP contribution in [0.15, 0.2) is 12.7 Å². The highest BCUT2D eigenvalue weighted by atomic mass is 16.5. The van der Waals surface area contributed by atoms with Gasteiger partial charge in [0.15, 0.2) is 5.78 Å². The lowest BCUT2D eigenvalue weighted by Crippen LogP contribution is -2.48. The normalized spacial score (nSPS) is 30.3. The van der Waals surface area contributed by atoms with Crippen molar-refractivity contribution in [1.82, 2.24) is 0 Å². The van der Waals surface area contributed by atoms with Gasteiger partial charge in [-0.05, 0) is 6.42 Å². The zero-order valence-electron chi connectivity index (χ0n) is 6.51. The summed E-state index contributed by atoms with van der Waals surface area (Å²) in [6.07, 6.45) is 2.56. The van der Waals surface area contributed by atoms with Gasteiger partial charge in [0.25, 0.3) is 0 Å². The van der Waals surface area contributed by atoms with E-state index in [1.807, 2.05) is 0 Å². The Kier molecular flexibility index (Phi) is 2.42. The summed E-state index contributed by atoms with van der Waals surface area (Å²) in [6, 6.07) is 0. The van der Waals surface area contributed by atoms with Crippen molar-refractivity contribution in [3.63, 3.8) is 0 Å². The van der Waals surface area contributed by atoms with Gasteiger partial charge in [-0.1, -0.05) is 6.08 Å². The van der Waals surface area contributed by atoms with Gasteiger partial charge in [-0.2, -0.15) is 0 Å². The average molecular weight is 155 g/mol. The standard InChI is InChI=1S/C8H13NO2/c1-2-3-7(10)8(9)4-5-11-6-8/h2H,1,3-6,9H2. The van der Waals surface area contributed by atoms with Crippen molar-refractivity contribution >= 4 is 5.78 Å². The fraction of sp³-hybridized carbons (Fsp3) is 0.625. The topological polar surface area (TPSA) is 52.3 Å². The Bertz CT molecular complexity index is 171. The molecule has 1 heterocycles. The molecule has 0 bridgehead atoms. The van der Waals surface area contributed by atoms with Crippen LogP contribution in [-0.2, 0) is 9.53 Å². The molecule has 2 N–H and O–H groups in total. The second-order valence-electron chi connectivity index (χ2n) is 2.87. The average Bonchev–Trinajstić information content (AvgIpc) is 2.38. The molecule has 3 nitrogen and oxygen atoms in total. The van der Waals surface area contributed by atoms with Crippen LogP contribution in [-0.4, -0.2) is 24.5 Å². The smallest absolute Gasteiger partial charge is 0.158 e. The van der Waals surface area contributed by atoms with Gasteiger partial charge >= 0.3 is 0 Å². The van der Waals surface area contributed by atoms with Crippen LogP contribution in [0.25, 0.3) is 0 Å². The molecule has 1 fully saturated rings. The molecule has 1 aliphatic rings. The van der Waals surface area contributed by atoms with Gasteiger partial charge in [-0.25, -0.2) is 0 Å². The van der Waals surface area contributed by atoms with E-state index in [2.05, 4.69) is 6.58 Å². The molecule has 0 radical (unpaired) electrons. The molecule has 0 aromatic rings. The van der Waals surface area contributed by atoms with Crippen molar-refractivity contribution in [3.8, 4) is 0 Å². The van der Waals surface area contributed by atoms with Crippen molar-refractivity contribution < 1.29 is 9.53 Å². The molecule has 62 valence electrons. The summed E-state index contributed by atoms with van der Waals surface area (Å²) in [6.45, 7) is 4.44. The van der Waals surface area contributed by atoms with Crippen LogP contribution in [0.3, 0.4) is 0 Å². The number of carbonyl (C=O) groups excluding carboxylic acids is 1. The number of ether oxygens (including phenoxy) is 1. The fourth-order valence-electron chi connectivity index (χ4n) is 1.14. The largest absolute Gasteiger partial charge is 0.379 e. The summed E-state index contributed by atoms with van der Waals surface area (Å²) in [4.78, 5) is 11.3. The third-order valence-corrected chi connectivity index (χ3v) is 1.94. The molecule has 0 aliphatic carbocycles. The van der Waals surface area contributed by atoms with Gasteiger partial charge in [0.1, 0.15) is 5.54 Å². The van der Waals surface area contributed by atoms with Crippen LogP contribution >= 0.6 is 0 Å². The Morgan fingerprint density at radius 3 is 3.00 bits per heavy atom. The van der Waals surface area contributed by atoms with Crippen molar-refractivity contribution in [2.75, 3.05) is 13.2 Å². The first-order valence-electron chi connectivity index (χ1n) is 3.70. The highest BCUT2D eigenvalue weighted by molar-refractivity contribution is 5.89. The molecule has 0 aromatic heterocycles. The van der Waals surface area contributed by atoms with Crippen LogP contribution in [0.5, 0.6) is 0 Å². The third kappa shape index (κ3) is 1.67. The number of hydrogen-bond donors (Lipinski definition) is 1. The van der Waals surface area contributed by atoms with E-state index in [9.17, 15) is 4.79 Å². The van der Waals surface area contributed by atoms with E-state index in [0.717, 1.165) is 0 Å². The van der Waals surface area contributed by atoms with E-state index in [1.54, 1.807) is 6.08 Å². The maximum Gasteiger partial charge on any atom is 0.158 e. The van der Waals surface area contributed by atoms with Gasteiger partial charge in [0.2, 0.25) is 0 Å². The Labute approximate surface area is 66.2 Å². The lowest BCUT2D eigenvalue weighted by Gasteiger charge is -2.18. The van der Waals surface area contributed by atoms with Crippen LogP contribution < -0.4 is 5.73 Å². The fourth-order valence-corrected chi connectivity index (χ4v) is 1.14. The number of nitrogens with two attached hydrogens (primary N) is 1. The maximum atomic E-state index is 11.3. The minimum Gasteiger partial charge on any atom is -0.379 e. The van der Waals surface area contributed by atoms with Crippen molar-refractivity contribution in [1.29, 1.82) is 0 Å². The first-order chi connectivity index (χ1) is 5.19. The predicted octanol–water partition coefficient (Wildman–Crippen LogP) is 0.249. The number of rotatable bonds is 3. The number of allylic oxidation sites excluding steroid dienone is 1. The molecule has 11 heavy (non-hydrogen) atoms. The lowest BCUT2D eigenvalue weighted by atomic mass is 9.92. The van der Waals surface area contributed by atoms with Crippen LogP contribution in [0.2, 0.25) is 0 Å². The second kappa shape index (κ2) is 3.15. The quantitative estimate of drug-likeness (QED) is 0.594. The van der Waals surface area contributed by atoms with Crippen LogP contribution in [0, 0.1) is 0 Å². The molecule has 3 heteroatoms. The minimum atomic E-state index is -0.728. The molecule has 0 aromatic carbocycles. The Morgan fingerprint density at radius 1 is 1.82 bits per heavy atom. The zero-order valence-corrected chi connectivity index (χ0v) is 6.51. The summed E-state index contributed by atoms with van der Waals surface area (Å²) in [5.41, 5.74) is 5.04. The van der Waals surface area contributed by atoms with Gasteiger partial charge in [0.05, 0.1) is 6.61 Å². The van der Waals surface area contributed by atoms with E-state index < -0.39 is 5.54 Å². The van der Waals surface area contributed by atoms with Crippen LogP contribution in [0.1, 0.15) is 12.8 Å². The first-order valence-corrected chi connectivity index (χ1v) is 3.70. The molecular weight excluding hydrogens is 142 g/mol. The zero-order chi connectivity index (χ0) is 8.32. The summed E-state index contributed by atoms with van der Waals surface area (Å²) < 4.78 is 5.05. The number of hydrogen-bond acceptors (Lipinski definition) is 3. The summed E-state index contributed by atoms with van der Waals surface area (Å²) in [7, 11) is 0. The molecule has 0 spiro atoms. The monoisotopic (exact) mass is 155 g/mol. The number of carbonyl (C=O) groups is 1. The van der Waals surface area contributed by atoms with Crippen LogP contribution in [0.4, 0.5) is 0 Å². The van der Waals surface area contributed by atoms with E-state index in [4.69, 9.17) is 10.5 Å². The molecule has 1 aliphatic heterocycles. The maximum absolute atomic E-state index is 11.3. The number of ketones is 1. The summed E-state index contributed by atoms with van der Waals surface area (Å²) >= 11 is 0. The van der Waals surface area contributed by atoms with Crippen molar-refractivity contribution in [3.05, 3.63) is 12.7 Å². The predicted molar refractivity (Wildman–Crippen MR) is 42.2 cm³/mol. The second-order valence-corrected chi connectivity index (χ2v) is 2.87. The lowest BCUT2D eigenvalue weighted by molar-refractivity contribution is -0.123. The molecule has 0 amide bonds. The number of Topliss-reactive ketones (excluding diaryl/α,β-unsaturated/α-hetero) is 1. The summed E-state index contributed by atoms with van der Waals surface area (Å²) in [5, 5.41) is 0. The molecule has 0 saturated carbocycles. The van der Waals surface area contributed by atoms with E-state index in [0.29, 0.717) is 26.1 Å². The SMILES string of the molecule is C=CCC(=O)C1(N)CCOC1. The Hall–Kier alpha value is -0.670. The van der Waals surface area contributed by atoms with Gasteiger partial charge < -0.3 is 10.5 Å². The van der Waals surface area contributed by atoms with E-state index >= 15 is 0 Å². The molecule has 1 unspecified atom stereocenters. The molecule has 1 rings (SSSR count). The van der Waals surface area contributed by atoms with Crippen molar-refractivity contribution in [2.45, 2.75) is 18.4 Å². The van der Waals surface area contributed by atoms with Gasteiger partial charge in [-0.3, -0.25) is 4.79 Å². The Morgan fingerprint density at radius 2 is 2.55 bits per heavy atom. The molecule has 1 atom stereocenters. The third-order valence-electron chi connectivity index (χ3n) is 1.94. The highest BCUT2D eigenvalue weighted by Gasteiger charge is 2.36. The minimum absolute atomic E-state index is 0.0324. The van der Waals surface area contributed by atoms with Gasteiger partial charge in [-0.15, -0.1) is 6.58 Å². The highest BCUT2D eigenvalue weighted by Crippen LogP contribution is 2.17. The molecular formula is C8H13NO2. The van der Waals surface area contributed by atoms with E-state index in [1.165, 1.54) is 0 Å².